The molecule has 1 rings (SSSR count). The van der Waals surface area contributed by atoms with Crippen LogP contribution in [0, 0.1) is 17.2 Å². The van der Waals surface area contributed by atoms with Crippen LogP contribution in [0.15, 0.2) is 23.4 Å². The summed E-state index contributed by atoms with van der Waals surface area (Å²) < 4.78 is 0. The Labute approximate surface area is 102 Å². The van der Waals surface area contributed by atoms with Gasteiger partial charge in [-0.15, -0.1) is 0 Å². The van der Waals surface area contributed by atoms with E-state index in [1.807, 2.05) is 12.1 Å². The zero-order valence-electron chi connectivity index (χ0n) is 10.4. The number of hydrogen-bond donors (Lipinski definition) is 1. The second-order valence-corrected chi connectivity index (χ2v) is 4.50. The number of allylic oxidation sites excluding steroid dienone is 3. The first kappa shape index (κ1) is 13.3. The molecule has 0 atom stereocenters. The summed E-state index contributed by atoms with van der Waals surface area (Å²) in [5.41, 5.74) is 6.26. The van der Waals surface area contributed by atoms with Gasteiger partial charge < -0.3 is 10.6 Å². The number of nitriles is 1. The van der Waals surface area contributed by atoms with Crippen LogP contribution in [0.25, 0.3) is 0 Å². The molecule has 0 bridgehead atoms. The predicted octanol–water partition coefficient (Wildman–Crippen LogP) is 1.56. The van der Waals surface area contributed by atoms with Gasteiger partial charge in [0.1, 0.15) is 11.6 Å². The van der Waals surface area contributed by atoms with Crippen molar-refractivity contribution in [3.05, 3.63) is 23.4 Å². The topological polar surface area (TPSA) is 70.1 Å². The van der Waals surface area contributed by atoms with Crippen LogP contribution >= 0.6 is 0 Å². The maximum absolute atomic E-state index is 10.9. The average molecular weight is 233 g/mol. The summed E-state index contributed by atoms with van der Waals surface area (Å²) in [6.45, 7) is 6.31. The molecule has 0 aliphatic carbocycles. The van der Waals surface area contributed by atoms with Crippen LogP contribution in [0.1, 0.15) is 26.7 Å². The van der Waals surface area contributed by atoms with E-state index in [9.17, 15) is 4.79 Å². The molecule has 0 unspecified atom stereocenters. The molecule has 1 saturated heterocycles. The van der Waals surface area contributed by atoms with Crippen LogP contribution in [0.5, 0.6) is 0 Å². The highest BCUT2D eigenvalue weighted by Crippen LogP contribution is 2.21. The van der Waals surface area contributed by atoms with Gasteiger partial charge in [-0.3, -0.25) is 4.79 Å². The van der Waals surface area contributed by atoms with E-state index in [0.29, 0.717) is 5.92 Å². The largest absolute Gasteiger partial charge is 0.375 e. The van der Waals surface area contributed by atoms with Crippen LogP contribution in [0.2, 0.25) is 0 Å². The first-order valence-electron chi connectivity index (χ1n) is 5.93. The molecule has 4 heteroatoms. The minimum Gasteiger partial charge on any atom is -0.375 e. The number of amides is 1. The Morgan fingerprint density at radius 3 is 2.35 bits per heavy atom. The third kappa shape index (κ3) is 3.63. The van der Waals surface area contributed by atoms with Crippen molar-refractivity contribution in [1.29, 1.82) is 5.26 Å². The standard InChI is InChI=1S/C13H19N3O/c1-10(2)12(16-7-3-4-8-16)6-5-11(9-14)13(15)17/h5-6,10H,3-4,7-8H2,1-2H3,(H2,15,17)/b11-5+,12-6+. The summed E-state index contributed by atoms with van der Waals surface area (Å²) in [6.07, 6.45) is 5.78. The normalized spacial score (nSPS) is 17.4. The van der Waals surface area contributed by atoms with E-state index in [0.717, 1.165) is 18.8 Å². The molecule has 17 heavy (non-hydrogen) atoms. The van der Waals surface area contributed by atoms with Crippen molar-refractivity contribution in [1.82, 2.24) is 4.90 Å². The summed E-state index contributed by atoms with van der Waals surface area (Å²) in [5.74, 6) is -0.301. The Hall–Kier alpha value is -1.76. The van der Waals surface area contributed by atoms with Gasteiger partial charge in [-0.25, -0.2) is 0 Å². The van der Waals surface area contributed by atoms with Crippen molar-refractivity contribution in [2.45, 2.75) is 26.7 Å². The zero-order valence-corrected chi connectivity index (χ0v) is 10.4. The second kappa shape index (κ2) is 6.09. The van der Waals surface area contributed by atoms with Gasteiger partial charge in [0.25, 0.3) is 5.91 Å². The molecule has 1 aliphatic heterocycles. The van der Waals surface area contributed by atoms with Crippen molar-refractivity contribution in [2.24, 2.45) is 11.7 Å². The monoisotopic (exact) mass is 233 g/mol. The highest BCUT2D eigenvalue weighted by atomic mass is 16.1. The number of carbonyl (C=O) groups excluding carboxylic acids is 1. The van der Waals surface area contributed by atoms with Crippen LogP contribution in [-0.4, -0.2) is 23.9 Å². The van der Waals surface area contributed by atoms with Crippen molar-refractivity contribution in [2.75, 3.05) is 13.1 Å². The van der Waals surface area contributed by atoms with Gasteiger partial charge in [0.05, 0.1) is 0 Å². The van der Waals surface area contributed by atoms with Crippen molar-refractivity contribution >= 4 is 5.91 Å². The SMILES string of the molecule is CC(C)/C(=C\C=C(/C#N)C(N)=O)N1CCCC1. The Kier molecular flexibility index (Phi) is 4.77. The minimum atomic E-state index is -0.673. The van der Waals surface area contributed by atoms with Gasteiger partial charge in [0.2, 0.25) is 0 Å². The van der Waals surface area contributed by atoms with Gasteiger partial charge in [-0.05, 0) is 30.9 Å². The van der Waals surface area contributed by atoms with E-state index in [4.69, 9.17) is 11.0 Å². The van der Waals surface area contributed by atoms with E-state index in [1.165, 1.54) is 18.9 Å². The van der Waals surface area contributed by atoms with Crippen molar-refractivity contribution in [3.8, 4) is 6.07 Å². The van der Waals surface area contributed by atoms with Crippen LogP contribution in [0.4, 0.5) is 0 Å². The molecule has 1 heterocycles. The summed E-state index contributed by atoms with van der Waals surface area (Å²) in [5, 5.41) is 8.75. The Morgan fingerprint density at radius 1 is 1.35 bits per heavy atom. The van der Waals surface area contributed by atoms with E-state index < -0.39 is 5.91 Å². The Balaban J connectivity index is 2.91. The first-order chi connectivity index (χ1) is 8.06. The lowest BCUT2D eigenvalue weighted by Crippen LogP contribution is -2.22. The van der Waals surface area contributed by atoms with Crippen LogP contribution < -0.4 is 5.73 Å². The van der Waals surface area contributed by atoms with E-state index >= 15 is 0 Å². The van der Waals surface area contributed by atoms with Gasteiger partial charge in [-0.1, -0.05) is 13.8 Å². The summed E-state index contributed by atoms with van der Waals surface area (Å²) in [6, 6.07) is 1.81. The fourth-order valence-electron chi connectivity index (χ4n) is 1.98. The zero-order chi connectivity index (χ0) is 12.8. The molecule has 0 spiro atoms. The Morgan fingerprint density at radius 2 is 1.94 bits per heavy atom. The predicted molar refractivity (Wildman–Crippen MR) is 66.6 cm³/mol. The molecule has 0 radical (unpaired) electrons. The number of likely N-dealkylation sites (tertiary alicyclic amines) is 1. The van der Waals surface area contributed by atoms with E-state index in [-0.39, 0.29) is 5.57 Å². The summed E-state index contributed by atoms with van der Waals surface area (Å²) in [4.78, 5) is 13.2. The lowest BCUT2D eigenvalue weighted by atomic mass is 10.1. The van der Waals surface area contributed by atoms with Crippen LogP contribution in [-0.2, 0) is 4.79 Å². The maximum atomic E-state index is 10.9. The lowest BCUT2D eigenvalue weighted by molar-refractivity contribution is -0.114. The number of primary amides is 1. The first-order valence-corrected chi connectivity index (χ1v) is 5.93. The number of carbonyl (C=O) groups is 1. The fraction of sp³-hybridized carbons (Fsp3) is 0.538. The molecular formula is C13H19N3O. The lowest BCUT2D eigenvalue weighted by Gasteiger charge is -2.24. The second-order valence-electron chi connectivity index (χ2n) is 4.50. The maximum Gasteiger partial charge on any atom is 0.259 e. The average Bonchev–Trinajstić information content (AvgIpc) is 2.76. The highest BCUT2D eigenvalue weighted by molar-refractivity contribution is 5.96. The van der Waals surface area contributed by atoms with E-state index in [1.54, 1.807) is 0 Å². The summed E-state index contributed by atoms with van der Waals surface area (Å²) >= 11 is 0. The molecule has 1 fully saturated rings. The molecule has 0 aromatic carbocycles. The molecule has 1 amide bonds. The fourth-order valence-corrected chi connectivity index (χ4v) is 1.98. The quantitative estimate of drug-likeness (QED) is 0.455. The smallest absolute Gasteiger partial charge is 0.259 e. The molecule has 0 aromatic heterocycles. The van der Waals surface area contributed by atoms with Crippen molar-refractivity contribution < 1.29 is 4.79 Å². The minimum absolute atomic E-state index is 0.00217. The summed E-state index contributed by atoms with van der Waals surface area (Å²) in [7, 11) is 0. The van der Waals surface area contributed by atoms with E-state index in [2.05, 4.69) is 18.7 Å². The third-order valence-corrected chi connectivity index (χ3v) is 2.87. The van der Waals surface area contributed by atoms with Gasteiger partial charge in [0, 0.05) is 18.8 Å². The molecule has 0 aromatic rings. The highest BCUT2D eigenvalue weighted by Gasteiger charge is 2.16. The van der Waals surface area contributed by atoms with Gasteiger partial charge in [0.15, 0.2) is 0 Å². The molecule has 0 saturated carbocycles. The molecule has 92 valence electrons. The molecule has 4 nitrogen and oxygen atoms in total. The Bertz CT molecular complexity index is 382. The number of nitrogens with two attached hydrogens (primary N) is 1. The van der Waals surface area contributed by atoms with Crippen LogP contribution in [0.3, 0.4) is 0 Å². The molecule has 2 N–H and O–H groups in total. The number of nitrogens with zero attached hydrogens (tertiary/aromatic N) is 2. The molecular weight excluding hydrogens is 214 g/mol. The molecule has 1 aliphatic rings. The number of rotatable bonds is 4. The number of hydrogen-bond acceptors (Lipinski definition) is 3. The van der Waals surface area contributed by atoms with Gasteiger partial charge in [-0.2, -0.15) is 5.26 Å². The van der Waals surface area contributed by atoms with Gasteiger partial charge >= 0.3 is 0 Å². The third-order valence-electron chi connectivity index (χ3n) is 2.87. The van der Waals surface area contributed by atoms with Crippen molar-refractivity contribution in [3.63, 3.8) is 0 Å².